The Morgan fingerprint density at radius 3 is 3.05 bits per heavy atom. The van der Waals surface area contributed by atoms with Crippen molar-refractivity contribution in [2.24, 2.45) is 5.92 Å². The Labute approximate surface area is 132 Å². The second-order valence-corrected chi connectivity index (χ2v) is 7.89. The molecule has 0 bridgehead atoms. The van der Waals surface area contributed by atoms with Gasteiger partial charge in [0.05, 0.1) is 11.5 Å². The molecule has 0 saturated carbocycles. The molecule has 2 aliphatic rings. The van der Waals surface area contributed by atoms with Crippen molar-refractivity contribution in [3.63, 3.8) is 0 Å². The van der Waals surface area contributed by atoms with Gasteiger partial charge in [0, 0.05) is 6.54 Å². The highest BCUT2D eigenvalue weighted by atomic mass is 32.2. The summed E-state index contributed by atoms with van der Waals surface area (Å²) in [5, 5.41) is 3.36. The molecule has 0 aliphatic carbocycles. The quantitative estimate of drug-likeness (QED) is 0.865. The maximum atomic E-state index is 12.4. The lowest BCUT2D eigenvalue weighted by atomic mass is 9.96. The number of benzene rings is 1. The predicted molar refractivity (Wildman–Crippen MR) is 85.7 cm³/mol. The molecule has 1 atom stereocenters. The molecule has 22 heavy (non-hydrogen) atoms. The molecule has 1 aromatic rings. The van der Waals surface area contributed by atoms with Gasteiger partial charge >= 0.3 is 0 Å². The third-order valence-electron chi connectivity index (χ3n) is 4.43. The van der Waals surface area contributed by atoms with Gasteiger partial charge in [-0.15, -0.1) is 0 Å². The van der Waals surface area contributed by atoms with Gasteiger partial charge in [-0.05, 0) is 74.9 Å². The molecule has 2 heterocycles. The van der Waals surface area contributed by atoms with Crippen molar-refractivity contribution >= 4 is 10.0 Å². The van der Waals surface area contributed by atoms with Crippen molar-refractivity contribution in [2.45, 2.75) is 37.0 Å². The number of fused-ring (bicyclic) bond motifs is 1. The van der Waals surface area contributed by atoms with E-state index in [1.54, 1.807) is 18.2 Å². The van der Waals surface area contributed by atoms with Gasteiger partial charge in [0.25, 0.3) is 0 Å². The van der Waals surface area contributed by atoms with Crippen molar-refractivity contribution in [3.8, 4) is 5.75 Å². The van der Waals surface area contributed by atoms with Crippen LogP contribution in [-0.4, -0.2) is 34.7 Å². The zero-order chi connectivity index (χ0) is 15.4. The van der Waals surface area contributed by atoms with E-state index in [9.17, 15) is 8.42 Å². The van der Waals surface area contributed by atoms with Crippen LogP contribution in [0.5, 0.6) is 5.75 Å². The summed E-state index contributed by atoms with van der Waals surface area (Å²) < 4.78 is 33.0. The van der Waals surface area contributed by atoms with Gasteiger partial charge in [0.2, 0.25) is 10.0 Å². The fourth-order valence-corrected chi connectivity index (χ4v) is 4.25. The minimum absolute atomic E-state index is 0.346. The number of sulfonamides is 1. The molecule has 1 unspecified atom stereocenters. The highest BCUT2D eigenvalue weighted by Gasteiger charge is 2.19. The molecule has 2 N–H and O–H groups in total. The third kappa shape index (κ3) is 3.80. The van der Waals surface area contributed by atoms with E-state index in [-0.39, 0.29) is 0 Å². The van der Waals surface area contributed by atoms with Crippen molar-refractivity contribution in [1.29, 1.82) is 0 Å². The molecule has 1 aromatic carbocycles. The van der Waals surface area contributed by atoms with Crippen LogP contribution in [0.25, 0.3) is 0 Å². The zero-order valence-corrected chi connectivity index (χ0v) is 13.6. The molecule has 0 amide bonds. The van der Waals surface area contributed by atoms with Gasteiger partial charge < -0.3 is 10.1 Å². The second-order valence-electron chi connectivity index (χ2n) is 6.12. The van der Waals surface area contributed by atoms with Crippen LogP contribution in [0, 0.1) is 5.92 Å². The van der Waals surface area contributed by atoms with Crippen LogP contribution in [0.3, 0.4) is 0 Å². The Hall–Kier alpha value is -1.11. The van der Waals surface area contributed by atoms with E-state index >= 15 is 0 Å². The molecular weight excluding hydrogens is 300 g/mol. The summed E-state index contributed by atoms with van der Waals surface area (Å²) in [6, 6.07) is 5.15. The van der Waals surface area contributed by atoms with Gasteiger partial charge in [-0.3, -0.25) is 0 Å². The average molecular weight is 324 g/mol. The van der Waals surface area contributed by atoms with Crippen LogP contribution < -0.4 is 14.8 Å². The van der Waals surface area contributed by atoms with E-state index < -0.39 is 10.0 Å². The lowest BCUT2D eigenvalue weighted by molar-refractivity contribution is 0.288. The first-order valence-corrected chi connectivity index (χ1v) is 9.59. The summed E-state index contributed by atoms with van der Waals surface area (Å²) in [5.74, 6) is 1.40. The fraction of sp³-hybridized carbons (Fsp3) is 0.625. The van der Waals surface area contributed by atoms with Gasteiger partial charge in [-0.25, -0.2) is 13.1 Å². The SMILES string of the molecule is O=S(=O)(NCCC1CCCNC1)c1ccc2c(c1)CCCO2. The van der Waals surface area contributed by atoms with Crippen LogP contribution in [-0.2, 0) is 16.4 Å². The first kappa shape index (κ1) is 15.8. The van der Waals surface area contributed by atoms with E-state index in [0.717, 1.165) is 43.7 Å². The second kappa shape index (κ2) is 6.98. The number of aryl methyl sites for hydroxylation is 1. The molecule has 2 aliphatic heterocycles. The molecule has 1 fully saturated rings. The monoisotopic (exact) mass is 324 g/mol. The van der Waals surface area contributed by atoms with Crippen molar-refractivity contribution in [1.82, 2.24) is 10.0 Å². The maximum absolute atomic E-state index is 12.4. The minimum Gasteiger partial charge on any atom is -0.493 e. The van der Waals surface area contributed by atoms with Gasteiger partial charge in [-0.2, -0.15) is 0 Å². The van der Waals surface area contributed by atoms with E-state index in [1.807, 2.05) is 0 Å². The van der Waals surface area contributed by atoms with Gasteiger partial charge in [-0.1, -0.05) is 0 Å². The lowest BCUT2D eigenvalue weighted by Gasteiger charge is -2.22. The number of nitrogens with one attached hydrogen (secondary N) is 2. The van der Waals surface area contributed by atoms with E-state index in [1.165, 1.54) is 12.8 Å². The van der Waals surface area contributed by atoms with Crippen LogP contribution >= 0.6 is 0 Å². The Kier molecular flexibility index (Phi) is 5.00. The summed E-state index contributed by atoms with van der Waals surface area (Å²) in [6.07, 6.45) is 5.08. The normalized spacial score (nSPS) is 21.9. The summed E-state index contributed by atoms with van der Waals surface area (Å²) in [5.41, 5.74) is 0.991. The molecule has 5 nitrogen and oxygen atoms in total. The Balaban J connectivity index is 1.60. The van der Waals surface area contributed by atoms with E-state index in [4.69, 9.17) is 4.74 Å². The first-order valence-electron chi connectivity index (χ1n) is 8.11. The molecule has 1 saturated heterocycles. The molecule has 0 spiro atoms. The summed E-state index contributed by atoms with van der Waals surface area (Å²) in [7, 11) is -3.42. The summed E-state index contributed by atoms with van der Waals surface area (Å²) in [4.78, 5) is 0.346. The molecule has 6 heteroatoms. The zero-order valence-electron chi connectivity index (χ0n) is 12.8. The van der Waals surface area contributed by atoms with Gasteiger partial charge in [0.15, 0.2) is 0 Å². The highest BCUT2D eigenvalue weighted by molar-refractivity contribution is 7.89. The van der Waals surface area contributed by atoms with E-state index in [2.05, 4.69) is 10.0 Å². The Morgan fingerprint density at radius 2 is 2.23 bits per heavy atom. The topological polar surface area (TPSA) is 67.4 Å². The van der Waals surface area contributed by atoms with Crippen molar-refractivity contribution < 1.29 is 13.2 Å². The van der Waals surface area contributed by atoms with Crippen LogP contribution in [0.1, 0.15) is 31.2 Å². The molecule has 122 valence electrons. The number of hydrogen-bond donors (Lipinski definition) is 2. The number of hydrogen-bond acceptors (Lipinski definition) is 4. The summed E-state index contributed by atoms with van der Waals surface area (Å²) >= 11 is 0. The minimum atomic E-state index is -3.42. The van der Waals surface area contributed by atoms with Crippen molar-refractivity contribution in [3.05, 3.63) is 23.8 Å². The summed E-state index contributed by atoms with van der Waals surface area (Å²) in [6.45, 7) is 3.30. The molecule has 0 aromatic heterocycles. The van der Waals surface area contributed by atoms with Gasteiger partial charge in [0.1, 0.15) is 5.75 Å². The van der Waals surface area contributed by atoms with E-state index in [0.29, 0.717) is 24.0 Å². The number of piperidine rings is 1. The standard InChI is InChI=1S/C16H24N2O3S/c19-22(20,18-9-7-13-3-1-8-17-12-13)15-5-6-16-14(11-15)4-2-10-21-16/h5-6,11,13,17-18H,1-4,7-10,12H2. The van der Waals surface area contributed by atoms with Crippen LogP contribution in [0.2, 0.25) is 0 Å². The Morgan fingerprint density at radius 1 is 1.32 bits per heavy atom. The predicted octanol–water partition coefficient (Wildman–Crippen LogP) is 1.68. The lowest BCUT2D eigenvalue weighted by Crippen LogP contribution is -2.33. The van der Waals surface area contributed by atoms with Crippen LogP contribution in [0.15, 0.2) is 23.1 Å². The highest BCUT2D eigenvalue weighted by Crippen LogP contribution is 2.27. The number of rotatable bonds is 5. The molecule has 3 rings (SSSR count). The smallest absolute Gasteiger partial charge is 0.240 e. The van der Waals surface area contributed by atoms with Crippen LogP contribution in [0.4, 0.5) is 0 Å². The first-order chi connectivity index (χ1) is 10.6. The average Bonchev–Trinajstić information content (AvgIpc) is 2.55. The largest absolute Gasteiger partial charge is 0.493 e. The molecular formula is C16H24N2O3S. The Bertz CT molecular complexity index is 610. The third-order valence-corrected chi connectivity index (χ3v) is 5.89. The maximum Gasteiger partial charge on any atom is 0.240 e. The fourth-order valence-electron chi connectivity index (χ4n) is 3.16. The van der Waals surface area contributed by atoms with Crippen molar-refractivity contribution in [2.75, 3.05) is 26.2 Å². The molecule has 0 radical (unpaired) electrons. The number of ether oxygens (including phenoxy) is 1.